The lowest BCUT2D eigenvalue weighted by atomic mass is 10.1. The van der Waals surface area contributed by atoms with Crippen molar-refractivity contribution in [2.24, 2.45) is 5.92 Å². The van der Waals surface area contributed by atoms with Crippen LogP contribution in [0.25, 0.3) is 11.2 Å². The molecule has 1 saturated carbocycles. The number of halogens is 1. The molecule has 1 aliphatic rings. The molecule has 0 aromatic carbocycles. The summed E-state index contributed by atoms with van der Waals surface area (Å²) < 4.78 is 15.9. The third-order valence-electron chi connectivity index (χ3n) is 3.63. The minimum absolute atomic E-state index is 0.124. The summed E-state index contributed by atoms with van der Waals surface area (Å²) in [5, 5.41) is 9.10. The van der Waals surface area contributed by atoms with Crippen molar-refractivity contribution in [3.63, 3.8) is 0 Å². The summed E-state index contributed by atoms with van der Waals surface area (Å²) in [5.74, 6) is -0.00232. The maximum atomic E-state index is 14.2. The van der Waals surface area contributed by atoms with Gasteiger partial charge in [-0.3, -0.25) is 0 Å². The van der Waals surface area contributed by atoms with Crippen LogP contribution in [0.2, 0.25) is 0 Å². The molecule has 7 heteroatoms. The van der Waals surface area contributed by atoms with E-state index in [1.165, 1.54) is 6.33 Å². The van der Waals surface area contributed by atoms with Crippen molar-refractivity contribution in [2.75, 3.05) is 12.3 Å². The molecule has 18 heavy (non-hydrogen) atoms. The van der Waals surface area contributed by atoms with E-state index in [9.17, 15) is 4.39 Å². The average molecular weight is 251 g/mol. The van der Waals surface area contributed by atoms with Crippen molar-refractivity contribution in [2.45, 2.75) is 25.1 Å². The number of fused-ring (bicyclic) bond motifs is 1. The lowest BCUT2D eigenvalue weighted by Crippen LogP contribution is -2.21. The predicted octanol–water partition coefficient (Wildman–Crippen LogP) is 0.690. The summed E-state index contributed by atoms with van der Waals surface area (Å²) in [4.78, 5) is 12.1. The molecule has 2 aromatic heterocycles. The second kappa shape index (κ2) is 4.16. The summed E-state index contributed by atoms with van der Waals surface area (Å²) in [6.07, 6.45) is 3.15. The van der Waals surface area contributed by atoms with Gasteiger partial charge in [-0.2, -0.15) is 0 Å². The minimum atomic E-state index is -1.08. The van der Waals surface area contributed by atoms with Gasteiger partial charge in [-0.05, 0) is 12.8 Å². The second-order valence-corrected chi connectivity index (χ2v) is 4.61. The molecule has 6 nitrogen and oxygen atoms in total. The first-order valence-corrected chi connectivity index (χ1v) is 5.90. The normalized spacial score (nSPS) is 28.0. The number of nitrogen functional groups attached to an aromatic ring is 1. The third-order valence-corrected chi connectivity index (χ3v) is 3.63. The molecule has 0 amide bonds. The summed E-state index contributed by atoms with van der Waals surface area (Å²) in [5.41, 5.74) is 6.74. The zero-order valence-corrected chi connectivity index (χ0v) is 9.70. The predicted molar refractivity (Wildman–Crippen MR) is 63.5 cm³/mol. The number of rotatable bonds is 2. The van der Waals surface area contributed by atoms with E-state index in [0.29, 0.717) is 29.8 Å². The molecule has 0 aliphatic heterocycles. The Kier molecular flexibility index (Phi) is 2.62. The zero-order chi connectivity index (χ0) is 12.7. The topological polar surface area (TPSA) is 89.9 Å². The number of imidazole rings is 1. The van der Waals surface area contributed by atoms with E-state index < -0.39 is 6.17 Å². The molecule has 0 spiro atoms. The van der Waals surface area contributed by atoms with E-state index in [1.54, 1.807) is 10.9 Å². The van der Waals surface area contributed by atoms with Crippen LogP contribution < -0.4 is 5.73 Å². The maximum absolute atomic E-state index is 14.2. The van der Waals surface area contributed by atoms with Crippen LogP contribution in [-0.4, -0.2) is 37.4 Å². The smallest absolute Gasteiger partial charge is 0.165 e. The van der Waals surface area contributed by atoms with Crippen LogP contribution in [0.4, 0.5) is 10.2 Å². The molecule has 96 valence electrons. The van der Waals surface area contributed by atoms with Gasteiger partial charge in [0.25, 0.3) is 0 Å². The van der Waals surface area contributed by atoms with Gasteiger partial charge in [0, 0.05) is 12.5 Å². The van der Waals surface area contributed by atoms with E-state index in [4.69, 9.17) is 10.8 Å². The van der Waals surface area contributed by atoms with E-state index in [-0.39, 0.29) is 18.6 Å². The number of aromatic nitrogens is 4. The molecular weight excluding hydrogens is 237 g/mol. The minimum Gasteiger partial charge on any atom is -0.396 e. The molecule has 2 heterocycles. The maximum Gasteiger partial charge on any atom is 0.165 e. The average Bonchev–Trinajstić information content (AvgIpc) is 2.93. The van der Waals surface area contributed by atoms with E-state index in [0.717, 1.165) is 0 Å². The molecule has 3 N–H and O–H groups in total. The fraction of sp³-hybridized carbons (Fsp3) is 0.545. The van der Waals surface area contributed by atoms with Crippen LogP contribution in [0.1, 0.15) is 18.9 Å². The molecule has 2 aromatic rings. The van der Waals surface area contributed by atoms with Gasteiger partial charge in [0.15, 0.2) is 11.5 Å². The SMILES string of the molecule is Nc1ncnc2c1ncn2[C@H]1CC[C@@H](CO)[C@H]1F. The molecule has 1 fully saturated rings. The summed E-state index contributed by atoms with van der Waals surface area (Å²) in [7, 11) is 0. The van der Waals surface area contributed by atoms with Gasteiger partial charge in [0.05, 0.1) is 12.4 Å². The van der Waals surface area contributed by atoms with Crippen LogP contribution in [0, 0.1) is 5.92 Å². The van der Waals surface area contributed by atoms with Crippen LogP contribution in [0.3, 0.4) is 0 Å². The third kappa shape index (κ3) is 1.54. The van der Waals surface area contributed by atoms with Gasteiger partial charge >= 0.3 is 0 Å². The standard InChI is InChI=1S/C11H14FN5O/c12-8-6(3-18)1-2-7(8)17-5-16-9-10(13)14-4-15-11(9)17/h4-8,18H,1-3H2,(H2,13,14,15)/t6-,7-,8+/m0/s1. The van der Waals surface area contributed by atoms with Gasteiger partial charge in [-0.1, -0.05) is 0 Å². The van der Waals surface area contributed by atoms with Crippen molar-refractivity contribution in [3.8, 4) is 0 Å². The van der Waals surface area contributed by atoms with Crippen LogP contribution in [0.15, 0.2) is 12.7 Å². The fourth-order valence-corrected chi connectivity index (χ4v) is 2.61. The van der Waals surface area contributed by atoms with Gasteiger partial charge in [-0.25, -0.2) is 19.3 Å². The fourth-order valence-electron chi connectivity index (χ4n) is 2.61. The number of aliphatic hydroxyl groups excluding tert-OH is 1. The molecule has 0 unspecified atom stereocenters. The number of hydrogen-bond acceptors (Lipinski definition) is 5. The highest BCUT2D eigenvalue weighted by Gasteiger charge is 2.37. The Morgan fingerprint density at radius 1 is 1.39 bits per heavy atom. The van der Waals surface area contributed by atoms with E-state index >= 15 is 0 Å². The number of anilines is 1. The van der Waals surface area contributed by atoms with E-state index in [1.807, 2.05) is 0 Å². The van der Waals surface area contributed by atoms with Crippen molar-refractivity contribution < 1.29 is 9.50 Å². The highest BCUT2D eigenvalue weighted by Crippen LogP contribution is 2.38. The highest BCUT2D eigenvalue weighted by molar-refractivity contribution is 5.81. The quantitative estimate of drug-likeness (QED) is 0.819. The summed E-state index contributed by atoms with van der Waals surface area (Å²) >= 11 is 0. The van der Waals surface area contributed by atoms with Crippen LogP contribution >= 0.6 is 0 Å². The van der Waals surface area contributed by atoms with Gasteiger partial charge in [-0.15, -0.1) is 0 Å². The number of alkyl halides is 1. The van der Waals surface area contributed by atoms with E-state index in [2.05, 4.69) is 15.0 Å². The Hall–Kier alpha value is -1.76. The van der Waals surface area contributed by atoms with Crippen molar-refractivity contribution >= 4 is 17.0 Å². The lowest BCUT2D eigenvalue weighted by Gasteiger charge is -2.17. The van der Waals surface area contributed by atoms with Gasteiger partial charge < -0.3 is 15.4 Å². The van der Waals surface area contributed by atoms with Crippen molar-refractivity contribution in [3.05, 3.63) is 12.7 Å². The van der Waals surface area contributed by atoms with Crippen LogP contribution in [-0.2, 0) is 0 Å². The van der Waals surface area contributed by atoms with Gasteiger partial charge in [0.1, 0.15) is 18.0 Å². The number of nitrogens with two attached hydrogens (primary N) is 1. The zero-order valence-electron chi connectivity index (χ0n) is 9.70. The largest absolute Gasteiger partial charge is 0.396 e. The highest BCUT2D eigenvalue weighted by atomic mass is 19.1. The second-order valence-electron chi connectivity index (χ2n) is 4.61. The Morgan fingerprint density at radius 3 is 2.94 bits per heavy atom. The number of hydrogen-bond donors (Lipinski definition) is 2. The molecule has 0 saturated heterocycles. The summed E-state index contributed by atoms with van der Waals surface area (Å²) in [6, 6.07) is -0.332. The Labute approximate surface area is 103 Å². The first-order valence-electron chi connectivity index (χ1n) is 5.90. The number of aliphatic hydroxyl groups is 1. The Balaban J connectivity index is 2.03. The van der Waals surface area contributed by atoms with Crippen molar-refractivity contribution in [1.29, 1.82) is 0 Å². The molecule has 3 rings (SSSR count). The first-order chi connectivity index (χ1) is 8.72. The van der Waals surface area contributed by atoms with Crippen LogP contribution in [0.5, 0.6) is 0 Å². The number of nitrogens with zero attached hydrogens (tertiary/aromatic N) is 4. The Bertz CT molecular complexity index is 572. The molecule has 1 aliphatic carbocycles. The first kappa shape index (κ1) is 11.3. The molecule has 0 bridgehead atoms. The summed E-state index contributed by atoms with van der Waals surface area (Å²) in [6.45, 7) is -0.124. The monoisotopic (exact) mass is 251 g/mol. The van der Waals surface area contributed by atoms with Crippen molar-refractivity contribution in [1.82, 2.24) is 19.5 Å². The Morgan fingerprint density at radius 2 is 2.22 bits per heavy atom. The lowest BCUT2D eigenvalue weighted by molar-refractivity contribution is 0.141. The van der Waals surface area contributed by atoms with Gasteiger partial charge in [0.2, 0.25) is 0 Å². The molecule has 3 atom stereocenters. The molecular formula is C11H14FN5O. The molecule has 0 radical (unpaired) electrons.